The van der Waals surface area contributed by atoms with Gasteiger partial charge in [-0.05, 0) is 54.4 Å². The molecule has 3 aromatic carbocycles. The Morgan fingerprint density at radius 1 is 0.879 bits per heavy atom. The van der Waals surface area contributed by atoms with Crippen molar-refractivity contribution in [3.8, 4) is 5.75 Å². The smallest absolute Gasteiger partial charge is 0.329 e. The monoisotopic (exact) mass is 444 g/mol. The summed E-state index contributed by atoms with van der Waals surface area (Å²) in [5.41, 5.74) is 4.46. The highest BCUT2D eigenvalue weighted by Crippen LogP contribution is 2.12. The number of hydrogen-bond acceptors (Lipinski definition) is 5. The summed E-state index contributed by atoms with van der Waals surface area (Å²) in [5.74, 6) is -1.40. The summed E-state index contributed by atoms with van der Waals surface area (Å²) in [6, 6.07) is 24.9. The van der Waals surface area contributed by atoms with E-state index in [0.717, 1.165) is 5.56 Å². The molecule has 0 fully saturated rings. The SMILES string of the molecule is C[C@@H](NC(=O)C(=O)N/N=C\c1ccc(OCC(=O)Nc2ccccc2)cc1)c1ccccc1. The molecule has 1 atom stereocenters. The first-order valence-electron chi connectivity index (χ1n) is 10.3. The standard InChI is InChI=1S/C25H24N4O4/c1-18(20-8-4-2-5-9-20)27-24(31)25(32)29-26-16-19-12-14-22(15-13-19)33-17-23(30)28-21-10-6-3-7-11-21/h2-16,18H,17H2,1H3,(H,27,31)(H,28,30)(H,29,32)/b26-16-/t18-/m1/s1. The minimum Gasteiger partial charge on any atom is -0.484 e. The lowest BCUT2D eigenvalue weighted by Gasteiger charge is -2.13. The van der Waals surface area contributed by atoms with Crippen LogP contribution in [0.25, 0.3) is 0 Å². The Kier molecular flexibility index (Phi) is 8.30. The third-order valence-electron chi connectivity index (χ3n) is 4.54. The van der Waals surface area contributed by atoms with Crippen LogP contribution in [0.1, 0.15) is 24.1 Å². The Labute approximate surface area is 191 Å². The van der Waals surface area contributed by atoms with E-state index in [4.69, 9.17) is 4.74 Å². The van der Waals surface area contributed by atoms with Crippen molar-refractivity contribution in [2.24, 2.45) is 5.10 Å². The fourth-order valence-electron chi connectivity index (χ4n) is 2.82. The Hall–Kier alpha value is -4.46. The normalized spacial score (nSPS) is 11.4. The van der Waals surface area contributed by atoms with Gasteiger partial charge in [-0.3, -0.25) is 14.4 Å². The summed E-state index contributed by atoms with van der Waals surface area (Å²) in [5, 5.41) is 9.15. The average molecular weight is 444 g/mol. The van der Waals surface area contributed by atoms with E-state index < -0.39 is 11.8 Å². The minimum atomic E-state index is -0.863. The number of amides is 3. The minimum absolute atomic E-state index is 0.130. The van der Waals surface area contributed by atoms with Gasteiger partial charge in [0.05, 0.1) is 12.3 Å². The largest absolute Gasteiger partial charge is 0.484 e. The molecule has 0 aliphatic carbocycles. The van der Waals surface area contributed by atoms with Gasteiger partial charge < -0.3 is 15.4 Å². The summed E-state index contributed by atoms with van der Waals surface area (Å²) < 4.78 is 5.46. The molecule has 0 aliphatic heterocycles. The molecule has 0 aromatic heterocycles. The number of anilines is 1. The van der Waals surface area contributed by atoms with E-state index in [1.165, 1.54) is 6.21 Å². The number of hydrogen-bond donors (Lipinski definition) is 3. The first kappa shape index (κ1) is 23.2. The van der Waals surface area contributed by atoms with Gasteiger partial charge in [-0.2, -0.15) is 5.10 Å². The topological polar surface area (TPSA) is 109 Å². The molecule has 0 saturated heterocycles. The zero-order valence-electron chi connectivity index (χ0n) is 18.0. The third-order valence-corrected chi connectivity index (χ3v) is 4.54. The van der Waals surface area contributed by atoms with Crippen LogP contribution in [0.2, 0.25) is 0 Å². The third kappa shape index (κ3) is 7.62. The van der Waals surface area contributed by atoms with Crippen LogP contribution in [-0.4, -0.2) is 30.5 Å². The number of carbonyl (C=O) groups excluding carboxylic acids is 3. The molecule has 0 radical (unpaired) electrons. The predicted molar refractivity (Wildman–Crippen MR) is 126 cm³/mol. The van der Waals surface area contributed by atoms with Gasteiger partial charge in [0.25, 0.3) is 5.91 Å². The maximum atomic E-state index is 12.0. The number of benzene rings is 3. The summed E-state index contributed by atoms with van der Waals surface area (Å²) in [6.45, 7) is 1.66. The van der Waals surface area contributed by atoms with Crippen molar-refractivity contribution in [1.82, 2.24) is 10.7 Å². The van der Waals surface area contributed by atoms with Crippen LogP contribution in [0.3, 0.4) is 0 Å². The van der Waals surface area contributed by atoms with Crippen molar-refractivity contribution in [3.63, 3.8) is 0 Å². The number of nitrogens with one attached hydrogen (secondary N) is 3. The van der Waals surface area contributed by atoms with Gasteiger partial charge in [0, 0.05) is 5.69 Å². The summed E-state index contributed by atoms with van der Waals surface area (Å²) in [6.07, 6.45) is 1.40. The fraction of sp³-hybridized carbons (Fsp3) is 0.120. The predicted octanol–water partition coefficient (Wildman–Crippen LogP) is 3.03. The number of para-hydroxylation sites is 1. The Bertz CT molecular complexity index is 1100. The van der Waals surface area contributed by atoms with Crippen molar-refractivity contribution in [3.05, 3.63) is 96.1 Å². The number of ether oxygens (including phenoxy) is 1. The Morgan fingerprint density at radius 3 is 2.18 bits per heavy atom. The van der Waals surface area contributed by atoms with Crippen LogP contribution >= 0.6 is 0 Å². The molecule has 0 saturated carbocycles. The summed E-state index contributed by atoms with van der Waals surface area (Å²) >= 11 is 0. The zero-order valence-corrected chi connectivity index (χ0v) is 18.0. The van der Waals surface area contributed by atoms with Gasteiger partial charge in [-0.25, -0.2) is 5.43 Å². The molecule has 3 aromatic rings. The van der Waals surface area contributed by atoms with E-state index in [0.29, 0.717) is 17.0 Å². The highest BCUT2D eigenvalue weighted by atomic mass is 16.5. The fourth-order valence-corrected chi connectivity index (χ4v) is 2.82. The molecule has 3 N–H and O–H groups in total. The molecule has 33 heavy (non-hydrogen) atoms. The van der Waals surface area contributed by atoms with Crippen molar-refractivity contribution >= 4 is 29.6 Å². The van der Waals surface area contributed by atoms with Crippen LogP contribution in [0.15, 0.2) is 90.0 Å². The van der Waals surface area contributed by atoms with Crippen LogP contribution in [0.5, 0.6) is 5.75 Å². The first-order valence-corrected chi connectivity index (χ1v) is 10.3. The van der Waals surface area contributed by atoms with Gasteiger partial charge in [0.1, 0.15) is 5.75 Å². The van der Waals surface area contributed by atoms with Crippen LogP contribution < -0.4 is 20.8 Å². The first-order chi connectivity index (χ1) is 16.0. The van der Waals surface area contributed by atoms with Gasteiger partial charge >= 0.3 is 11.8 Å². The van der Waals surface area contributed by atoms with Crippen LogP contribution in [0, 0.1) is 0 Å². The summed E-state index contributed by atoms with van der Waals surface area (Å²) in [4.78, 5) is 35.9. The van der Waals surface area contributed by atoms with Gasteiger partial charge in [0.2, 0.25) is 0 Å². The van der Waals surface area contributed by atoms with E-state index in [1.807, 2.05) is 48.5 Å². The van der Waals surface area contributed by atoms with E-state index >= 15 is 0 Å². The number of nitrogens with zero attached hydrogens (tertiary/aromatic N) is 1. The molecule has 3 rings (SSSR count). The Morgan fingerprint density at radius 2 is 1.52 bits per heavy atom. The number of carbonyl (C=O) groups is 3. The lowest BCUT2D eigenvalue weighted by molar-refractivity contribution is -0.139. The van der Waals surface area contributed by atoms with Crippen molar-refractivity contribution in [1.29, 1.82) is 0 Å². The van der Waals surface area contributed by atoms with E-state index in [-0.39, 0.29) is 18.6 Å². The number of hydrazone groups is 1. The molecule has 0 spiro atoms. The van der Waals surface area contributed by atoms with E-state index in [1.54, 1.807) is 43.3 Å². The maximum absolute atomic E-state index is 12.0. The molecule has 8 nitrogen and oxygen atoms in total. The number of rotatable bonds is 8. The van der Waals surface area contributed by atoms with Gasteiger partial charge in [-0.1, -0.05) is 48.5 Å². The zero-order chi connectivity index (χ0) is 23.5. The highest BCUT2D eigenvalue weighted by Gasteiger charge is 2.16. The van der Waals surface area contributed by atoms with Gasteiger partial charge in [0.15, 0.2) is 6.61 Å². The lowest BCUT2D eigenvalue weighted by atomic mass is 10.1. The molecule has 0 heterocycles. The molecule has 3 amide bonds. The molecular formula is C25H24N4O4. The molecule has 0 bridgehead atoms. The van der Waals surface area contributed by atoms with E-state index in [9.17, 15) is 14.4 Å². The van der Waals surface area contributed by atoms with E-state index in [2.05, 4.69) is 21.2 Å². The molecule has 0 unspecified atom stereocenters. The second-order valence-corrected chi connectivity index (χ2v) is 7.08. The molecule has 0 aliphatic rings. The summed E-state index contributed by atoms with van der Waals surface area (Å²) in [7, 11) is 0. The average Bonchev–Trinajstić information content (AvgIpc) is 2.84. The second kappa shape index (κ2) is 11.8. The van der Waals surface area contributed by atoms with Crippen molar-refractivity contribution in [2.75, 3.05) is 11.9 Å². The molecular weight excluding hydrogens is 420 g/mol. The van der Waals surface area contributed by atoms with Crippen LogP contribution in [-0.2, 0) is 14.4 Å². The van der Waals surface area contributed by atoms with Crippen molar-refractivity contribution in [2.45, 2.75) is 13.0 Å². The molecule has 8 heteroatoms. The second-order valence-electron chi connectivity index (χ2n) is 7.08. The van der Waals surface area contributed by atoms with Gasteiger partial charge in [-0.15, -0.1) is 0 Å². The lowest BCUT2D eigenvalue weighted by Crippen LogP contribution is -2.39. The van der Waals surface area contributed by atoms with Crippen molar-refractivity contribution < 1.29 is 19.1 Å². The highest BCUT2D eigenvalue weighted by molar-refractivity contribution is 6.35. The van der Waals surface area contributed by atoms with Crippen LogP contribution in [0.4, 0.5) is 5.69 Å². The quantitative estimate of drug-likeness (QED) is 0.282. The Balaban J connectivity index is 1.41. The molecule has 168 valence electrons. The maximum Gasteiger partial charge on any atom is 0.329 e.